The summed E-state index contributed by atoms with van der Waals surface area (Å²) in [6.07, 6.45) is -9.76. The lowest BCUT2D eigenvalue weighted by molar-refractivity contribution is -0.142. The number of carbonyl (C=O) groups excluding carboxylic acids is 3. The van der Waals surface area contributed by atoms with Gasteiger partial charge in [-0.2, -0.15) is 36.7 Å². The number of nitriles is 1. The van der Waals surface area contributed by atoms with Crippen molar-refractivity contribution in [3.8, 4) is 6.07 Å². The molecular weight excluding hydrogens is 608 g/mol. The Morgan fingerprint density at radius 2 is 1.59 bits per heavy atom. The molecule has 2 heterocycles. The van der Waals surface area contributed by atoms with Crippen molar-refractivity contribution in [2.24, 2.45) is 0 Å². The zero-order valence-corrected chi connectivity index (χ0v) is 22.1. The van der Waals surface area contributed by atoms with E-state index in [-0.39, 0.29) is 17.8 Å². The number of carbonyl (C=O) groups is 3. The number of nitrogens with one attached hydrogen (secondary N) is 2. The van der Waals surface area contributed by atoms with Crippen LogP contribution in [0.25, 0.3) is 0 Å². The quantitative estimate of drug-likeness (QED) is 0.368. The lowest BCUT2D eigenvalue weighted by atomic mass is 10.1. The van der Waals surface area contributed by atoms with E-state index in [1.54, 1.807) is 6.07 Å². The van der Waals surface area contributed by atoms with Crippen molar-refractivity contribution < 1.29 is 49.5 Å². The Bertz CT molecular complexity index is 1590. The summed E-state index contributed by atoms with van der Waals surface area (Å²) in [6.45, 7) is -2.27. The molecule has 44 heavy (non-hydrogen) atoms. The number of benzene rings is 2. The lowest BCUT2D eigenvalue weighted by Crippen LogP contribution is -2.43. The second-order valence-corrected chi connectivity index (χ2v) is 9.72. The van der Waals surface area contributed by atoms with Gasteiger partial charge < -0.3 is 15.5 Å². The van der Waals surface area contributed by atoms with Crippen LogP contribution < -0.4 is 10.6 Å². The second kappa shape index (κ2) is 11.9. The monoisotopic (exact) mass is 628 g/mol. The van der Waals surface area contributed by atoms with Gasteiger partial charge in [-0.25, -0.2) is 8.78 Å². The number of hydrogen-bond acceptors (Lipinski definition) is 5. The van der Waals surface area contributed by atoms with Gasteiger partial charge in [-0.1, -0.05) is 12.1 Å². The van der Waals surface area contributed by atoms with E-state index in [0.29, 0.717) is 10.5 Å². The first kappa shape index (κ1) is 31.9. The van der Waals surface area contributed by atoms with E-state index in [4.69, 9.17) is 5.26 Å². The first-order valence-electron chi connectivity index (χ1n) is 12.5. The van der Waals surface area contributed by atoms with E-state index in [1.807, 2.05) is 5.32 Å². The van der Waals surface area contributed by atoms with Gasteiger partial charge in [0.1, 0.15) is 6.04 Å². The van der Waals surface area contributed by atoms with Crippen molar-refractivity contribution in [1.29, 1.82) is 5.26 Å². The summed E-state index contributed by atoms with van der Waals surface area (Å²) in [7, 11) is 0. The highest BCUT2D eigenvalue weighted by atomic mass is 19.4. The smallest absolute Gasteiger partial charge is 0.343 e. The summed E-state index contributed by atoms with van der Waals surface area (Å²) in [5, 5.41) is 16.9. The Morgan fingerprint density at radius 3 is 2.16 bits per heavy atom. The van der Waals surface area contributed by atoms with Gasteiger partial charge in [-0.05, 0) is 42.0 Å². The van der Waals surface area contributed by atoms with Crippen LogP contribution in [0.3, 0.4) is 0 Å². The number of halogens is 8. The van der Waals surface area contributed by atoms with Gasteiger partial charge in [0.25, 0.3) is 17.7 Å². The average molecular weight is 628 g/mol. The third-order valence-corrected chi connectivity index (χ3v) is 6.45. The van der Waals surface area contributed by atoms with Crippen LogP contribution in [0.1, 0.15) is 44.0 Å². The molecule has 0 spiro atoms. The summed E-state index contributed by atoms with van der Waals surface area (Å²) < 4.78 is 107. The van der Waals surface area contributed by atoms with Gasteiger partial charge in [0.2, 0.25) is 5.91 Å². The van der Waals surface area contributed by atoms with Crippen LogP contribution in [0.15, 0.2) is 54.7 Å². The summed E-state index contributed by atoms with van der Waals surface area (Å²) in [5.41, 5.74) is -2.86. The summed E-state index contributed by atoms with van der Waals surface area (Å²) in [5.74, 6) is -6.45. The summed E-state index contributed by atoms with van der Waals surface area (Å²) >= 11 is 0. The highest BCUT2D eigenvalue weighted by Crippen LogP contribution is 2.33. The number of hydrogen-bond donors (Lipinski definition) is 2. The molecule has 0 bridgehead atoms. The van der Waals surface area contributed by atoms with E-state index < -0.39 is 78.4 Å². The Morgan fingerprint density at radius 1 is 0.955 bits per heavy atom. The van der Waals surface area contributed by atoms with Crippen LogP contribution >= 0.6 is 0 Å². The normalized spacial score (nSPS) is 16.3. The minimum Gasteiger partial charge on any atom is -0.343 e. The molecule has 0 radical (unpaired) electrons. The predicted molar refractivity (Wildman–Crippen MR) is 135 cm³/mol. The van der Waals surface area contributed by atoms with E-state index in [9.17, 15) is 49.5 Å². The Labute approximate surface area is 243 Å². The number of amides is 3. The molecule has 0 unspecified atom stereocenters. The highest BCUT2D eigenvalue weighted by molar-refractivity contribution is 6.04. The van der Waals surface area contributed by atoms with E-state index in [2.05, 4.69) is 10.4 Å². The Kier molecular flexibility index (Phi) is 8.66. The van der Waals surface area contributed by atoms with Gasteiger partial charge in [0, 0.05) is 23.9 Å². The van der Waals surface area contributed by atoms with Crippen LogP contribution in [0.5, 0.6) is 0 Å². The van der Waals surface area contributed by atoms with E-state index in [0.717, 1.165) is 35.1 Å². The molecule has 1 saturated heterocycles. The Hall–Kier alpha value is -5.01. The molecular formula is C27H20F8N6O3. The zero-order valence-electron chi connectivity index (χ0n) is 22.1. The van der Waals surface area contributed by atoms with Crippen LogP contribution in [0.4, 0.5) is 40.8 Å². The zero-order chi connectivity index (χ0) is 32.4. The molecule has 3 aromatic rings. The number of nitrogens with zero attached hydrogens (tertiary/aromatic N) is 4. The molecule has 232 valence electrons. The van der Waals surface area contributed by atoms with Crippen molar-refractivity contribution in [3.05, 3.63) is 82.7 Å². The van der Waals surface area contributed by atoms with E-state index in [1.165, 1.54) is 24.3 Å². The molecule has 1 aliphatic rings. The maximum atomic E-state index is 13.6. The maximum Gasteiger partial charge on any atom is 0.435 e. The Balaban J connectivity index is 1.41. The largest absolute Gasteiger partial charge is 0.435 e. The minimum atomic E-state index is -5.07. The number of likely N-dealkylation sites (tertiary alicyclic amines) is 1. The molecule has 1 aliphatic heterocycles. The predicted octanol–water partition coefficient (Wildman–Crippen LogP) is 4.71. The highest BCUT2D eigenvalue weighted by Gasteiger charge is 2.47. The molecule has 1 aromatic heterocycles. The topological polar surface area (TPSA) is 120 Å². The molecule has 9 nitrogen and oxygen atoms in total. The number of rotatable bonds is 7. The lowest BCUT2D eigenvalue weighted by Gasteiger charge is -2.19. The molecule has 2 aromatic carbocycles. The summed E-state index contributed by atoms with van der Waals surface area (Å²) in [4.78, 5) is 37.8. The van der Waals surface area contributed by atoms with Crippen LogP contribution in [-0.2, 0) is 23.7 Å². The molecule has 4 rings (SSSR count). The van der Waals surface area contributed by atoms with Crippen molar-refractivity contribution in [2.75, 3.05) is 18.4 Å². The molecule has 3 amide bonds. The van der Waals surface area contributed by atoms with Crippen molar-refractivity contribution >= 4 is 23.4 Å². The molecule has 1 atom stereocenters. The molecule has 2 N–H and O–H groups in total. The SMILES string of the molecule is N#C[C@@H]1CC(F)(F)CN1C(=O)CNC(=O)c1cn(Cc2ccc(NC(=O)c3ccc(C(F)(F)F)cc3)cc2)nc1C(F)(F)F. The fraction of sp³-hybridized carbons (Fsp3) is 0.296. The van der Waals surface area contributed by atoms with Crippen molar-refractivity contribution in [3.63, 3.8) is 0 Å². The number of aromatic nitrogens is 2. The van der Waals surface area contributed by atoms with Gasteiger partial charge in [-0.15, -0.1) is 0 Å². The summed E-state index contributed by atoms with van der Waals surface area (Å²) in [6, 6.07) is 9.23. The van der Waals surface area contributed by atoms with Crippen LogP contribution in [0, 0.1) is 11.3 Å². The van der Waals surface area contributed by atoms with E-state index >= 15 is 0 Å². The minimum absolute atomic E-state index is 0.0472. The number of alkyl halides is 8. The molecule has 1 fully saturated rings. The fourth-order valence-corrected chi connectivity index (χ4v) is 4.32. The van der Waals surface area contributed by atoms with Gasteiger partial charge in [0.05, 0.1) is 36.8 Å². The standard InChI is InChI=1S/C27H20F8N6O3/c28-25(29)9-19(10-36)41(14-25)21(42)11-37-24(44)20-13-40(39-22(20)27(33,34)35)12-15-1-7-18(8-2-15)38-23(43)16-3-5-17(6-4-16)26(30,31)32/h1-8,13,19H,9,11-12,14H2,(H,37,44)(H,38,43)/t19-/m0/s1. The first-order valence-corrected chi connectivity index (χ1v) is 12.5. The van der Waals surface area contributed by atoms with Crippen LogP contribution in [0.2, 0.25) is 0 Å². The molecule has 0 aliphatic carbocycles. The first-order chi connectivity index (χ1) is 20.5. The number of anilines is 1. The van der Waals surface area contributed by atoms with Crippen LogP contribution in [-0.4, -0.2) is 57.5 Å². The van der Waals surface area contributed by atoms with Crippen molar-refractivity contribution in [1.82, 2.24) is 20.0 Å². The third-order valence-electron chi connectivity index (χ3n) is 6.45. The van der Waals surface area contributed by atoms with Gasteiger partial charge >= 0.3 is 12.4 Å². The van der Waals surface area contributed by atoms with Crippen molar-refractivity contribution in [2.45, 2.75) is 37.3 Å². The maximum absolute atomic E-state index is 13.6. The fourth-order valence-electron chi connectivity index (χ4n) is 4.32. The second-order valence-electron chi connectivity index (χ2n) is 9.72. The van der Waals surface area contributed by atoms with Gasteiger partial charge in [-0.3, -0.25) is 19.1 Å². The average Bonchev–Trinajstić information content (AvgIpc) is 3.52. The third kappa shape index (κ3) is 7.49. The van der Waals surface area contributed by atoms with Gasteiger partial charge in [0.15, 0.2) is 5.69 Å². The molecule has 17 heteroatoms. The molecule has 0 saturated carbocycles.